The standard InChI is InChI=1S/C24H23ClN2O5S/c1-3-32-24(29)18-12-13-22(17(2)14-18)26-23(28)16-27(20-9-7-8-19(25)15-20)33(30,31)21-10-5-4-6-11-21/h4-15H,3,16H2,1-2H3,(H,26,28). The molecule has 7 nitrogen and oxygen atoms in total. The minimum atomic E-state index is -4.04. The van der Waals surface area contributed by atoms with Crippen LogP contribution in [0.25, 0.3) is 0 Å². The molecule has 0 aliphatic carbocycles. The number of anilines is 2. The van der Waals surface area contributed by atoms with Gasteiger partial charge in [-0.2, -0.15) is 0 Å². The molecule has 0 atom stereocenters. The number of ether oxygens (including phenoxy) is 1. The Balaban J connectivity index is 1.88. The monoisotopic (exact) mass is 486 g/mol. The first-order valence-corrected chi connectivity index (χ1v) is 11.9. The summed E-state index contributed by atoms with van der Waals surface area (Å²) < 4.78 is 32.7. The van der Waals surface area contributed by atoms with Crippen molar-refractivity contribution >= 4 is 44.9 Å². The highest BCUT2D eigenvalue weighted by Gasteiger charge is 2.27. The van der Waals surface area contributed by atoms with E-state index in [1.54, 1.807) is 62.4 Å². The van der Waals surface area contributed by atoms with Crippen LogP contribution in [0.4, 0.5) is 11.4 Å². The van der Waals surface area contributed by atoms with Crippen LogP contribution in [0, 0.1) is 6.92 Å². The zero-order chi connectivity index (χ0) is 24.0. The van der Waals surface area contributed by atoms with E-state index in [4.69, 9.17) is 16.3 Å². The largest absolute Gasteiger partial charge is 0.462 e. The molecule has 0 aliphatic rings. The SMILES string of the molecule is CCOC(=O)c1ccc(NC(=O)CN(c2cccc(Cl)c2)S(=O)(=O)c2ccccc2)c(C)c1. The number of hydrogen-bond donors (Lipinski definition) is 1. The van der Waals surface area contributed by atoms with Crippen molar-refractivity contribution in [2.45, 2.75) is 18.7 Å². The number of nitrogens with one attached hydrogen (secondary N) is 1. The van der Waals surface area contributed by atoms with Gasteiger partial charge in [0.2, 0.25) is 5.91 Å². The van der Waals surface area contributed by atoms with Crippen molar-refractivity contribution in [3.8, 4) is 0 Å². The summed E-state index contributed by atoms with van der Waals surface area (Å²) in [5, 5.41) is 3.06. The number of esters is 1. The molecule has 9 heteroatoms. The van der Waals surface area contributed by atoms with Crippen LogP contribution < -0.4 is 9.62 Å². The van der Waals surface area contributed by atoms with Crippen LogP contribution in [-0.2, 0) is 19.6 Å². The molecule has 0 radical (unpaired) electrons. The first kappa shape index (κ1) is 24.3. The van der Waals surface area contributed by atoms with Gasteiger partial charge < -0.3 is 10.1 Å². The van der Waals surface area contributed by atoms with Crippen LogP contribution >= 0.6 is 11.6 Å². The van der Waals surface area contributed by atoms with Gasteiger partial charge in [-0.25, -0.2) is 13.2 Å². The van der Waals surface area contributed by atoms with Crippen LogP contribution in [0.3, 0.4) is 0 Å². The van der Waals surface area contributed by atoms with E-state index in [9.17, 15) is 18.0 Å². The van der Waals surface area contributed by atoms with Gasteiger partial charge in [-0.1, -0.05) is 35.9 Å². The third-order valence-corrected chi connectivity index (χ3v) is 6.75. The topological polar surface area (TPSA) is 92.8 Å². The number of benzene rings is 3. The lowest BCUT2D eigenvalue weighted by Gasteiger charge is -2.24. The Hall–Kier alpha value is -3.36. The van der Waals surface area contributed by atoms with Crippen molar-refractivity contribution in [1.82, 2.24) is 0 Å². The second-order valence-corrected chi connectivity index (χ2v) is 9.40. The van der Waals surface area contributed by atoms with E-state index >= 15 is 0 Å². The molecule has 1 amide bonds. The van der Waals surface area contributed by atoms with Gasteiger partial charge in [-0.15, -0.1) is 0 Å². The van der Waals surface area contributed by atoms with Crippen LogP contribution in [0.15, 0.2) is 77.7 Å². The number of carbonyl (C=O) groups excluding carboxylic acids is 2. The number of carbonyl (C=O) groups is 2. The lowest BCUT2D eigenvalue weighted by Crippen LogP contribution is -2.38. The van der Waals surface area contributed by atoms with E-state index < -0.39 is 28.4 Å². The van der Waals surface area contributed by atoms with E-state index in [2.05, 4.69) is 5.32 Å². The number of rotatable bonds is 8. The third kappa shape index (κ3) is 5.91. The Kier molecular flexibility index (Phi) is 7.73. The molecule has 33 heavy (non-hydrogen) atoms. The third-order valence-electron chi connectivity index (χ3n) is 4.73. The minimum Gasteiger partial charge on any atom is -0.462 e. The molecule has 0 saturated heterocycles. The van der Waals surface area contributed by atoms with Gasteiger partial charge in [-0.3, -0.25) is 9.10 Å². The van der Waals surface area contributed by atoms with Crippen LogP contribution in [0.1, 0.15) is 22.8 Å². The van der Waals surface area contributed by atoms with E-state index in [1.807, 2.05) is 0 Å². The molecule has 0 heterocycles. The molecule has 1 N–H and O–H groups in total. The quantitative estimate of drug-likeness (QED) is 0.467. The fourth-order valence-electron chi connectivity index (χ4n) is 3.13. The summed E-state index contributed by atoms with van der Waals surface area (Å²) in [6.07, 6.45) is 0. The maximum atomic E-state index is 13.3. The van der Waals surface area contributed by atoms with Gasteiger partial charge in [0.05, 0.1) is 22.8 Å². The fourth-order valence-corrected chi connectivity index (χ4v) is 4.75. The van der Waals surface area contributed by atoms with E-state index in [-0.39, 0.29) is 17.2 Å². The summed E-state index contributed by atoms with van der Waals surface area (Å²) in [5.74, 6) is -1.01. The number of nitrogens with zero attached hydrogens (tertiary/aromatic N) is 1. The summed E-state index contributed by atoms with van der Waals surface area (Å²) >= 11 is 6.08. The summed E-state index contributed by atoms with van der Waals surface area (Å²) in [5.41, 5.74) is 1.71. The average molecular weight is 487 g/mol. The summed E-state index contributed by atoms with van der Waals surface area (Å²) in [4.78, 5) is 24.9. The first-order chi connectivity index (χ1) is 15.7. The highest BCUT2D eigenvalue weighted by molar-refractivity contribution is 7.92. The second-order valence-electron chi connectivity index (χ2n) is 7.10. The van der Waals surface area contributed by atoms with Gasteiger partial charge in [-0.05, 0) is 67.9 Å². The van der Waals surface area contributed by atoms with Crippen LogP contribution in [0.2, 0.25) is 5.02 Å². The predicted octanol–water partition coefficient (Wildman–Crippen LogP) is 4.66. The highest BCUT2D eigenvalue weighted by Crippen LogP contribution is 2.26. The Morgan fingerprint density at radius 2 is 1.73 bits per heavy atom. The number of aryl methyl sites for hydroxylation is 1. The molecule has 172 valence electrons. The zero-order valence-corrected chi connectivity index (χ0v) is 19.7. The Bertz CT molecular complexity index is 1260. The number of amides is 1. The van der Waals surface area contributed by atoms with E-state index in [0.717, 1.165) is 4.31 Å². The molecule has 0 bridgehead atoms. The fraction of sp³-hybridized carbons (Fsp3) is 0.167. The lowest BCUT2D eigenvalue weighted by molar-refractivity contribution is -0.114. The molecule has 3 aromatic carbocycles. The average Bonchev–Trinajstić information content (AvgIpc) is 2.79. The molecule has 3 rings (SSSR count). The summed E-state index contributed by atoms with van der Waals surface area (Å²) in [7, 11) is -4.04. The molecule has 0 aliphatic heterocycles. The highest BCUT2D eigenvalue weighted by atomic mass is 35.5. The molecule has 0 saturated carbocycles. The molecule has 0 aromatic heterocycles. The molecular formula is C24H23ClN2O5S. The van der Waals surface area contributed by atoms with Crippen molar-refractivity contribution in [2.24, 2.45) is 0 Å². The maximum absolute atomic E-state index is 13.3. The Labute approximate surface area is 198 Å². The van der Waals surface area contributed by atoms with E-state index in [0.29, 0.717) is 21.8 Å². The van der Waals surface area contributed by atoms with Gasteiger partial charge in [0.25, 0.3) is 10.0 Å². The van der Waals surface area contributed by atoms with Gasteiger partial charge in [0, 0.05) is 10.7 Å². The van der Waals surface area contributed by atoms with Crippen LogP contribution in [0.5, 0.6) is 0 Å². The van der Waals surface area contributed by atoms with E-state index in [1.165, 1.54) is 24.3 Å². The predicted molar refractivity (Wildman–Crippen MR) is 128 cm³/mol. The van der Waals surface area contributed by atoms with Crippen molar-refractivity contribution in [3.63, 3.8) is 0 Å². The normalized spacial score (nSPS) is 11.0. The molecule has 3 aromatic rings. The Morgan fingerprint density at radius 1 is 1.00 bits per heavy atom. The zero-order valence-electron chi connectivity index (χ0n) is 18.1. The minimum absolute atomic E-state index is 0.0488. The molecule has 0 spiro atoms. The number of hydrogen-bond acceptors (Lipinski definition) is 5. The molecule has 0 fully saturated rings. The molecular weight excluding hydrogens is 464 g/mol. The lowest BCUT2D eigenvalue weighted by atomic mass is 10.1. The van der Waals surface area contributed by atoms with Crippen LogP contribution in [-0.4, -0.2) is 33.4 Å². The second kappa shape index (κ2) is 10.5. The number of halogens is 1. The van der Waals surface area contributed by atoms with Crippen molar-refractivity contribution < 1.29 is 22.7 Å². The van der Waals surface area contributed by atoms with Gasteiger partial charge in [0.15, 0.2) is 0 Å². The number of sulfonamides is 1. The first-order valence-electron chi connectivity index (χ1n) is 10.1. The summed E-state index contributed by atoms with van der Waals surface area (Å²) in [6, 6.07) is 18.8. The Morgan fingerprint density at radius 3 is 2.36 bits per heavy atom. The van der Waals surface area contributed by atoms with Crippen molar-refractivity contribution in [2.75, 3.05) is 22.8 Å². The maximum Gasteiger partial charge on any atom is 0.338 e. The smallest absolute Gasteiger partial charge is 0.338 e. The van der Waals surface area contributed by atoms with Gasteiger partial charge >= 0.3 is 5.97 Å². The molecule has 0 unspecified atom stereocenters. The summed E-state index contributed by atoms with van der Waals surface area (Å²) in [6.45, 7) is 3.23. The van der Waals surface area contributed by atoms with Crippen molar-refractivity contribution in [1.29, 1.82) is 0 Å². The van der Waals surface area contributed by atoms with Gasteiger partial charge in [0.1, 0.15) is 6.54 Å². The van der Waals surface area contributed by atoms with Crippen molar-refractivity contribution in [3.05, 3.63) is 88.9 Å².